The zero-order valence-electron chi connectivity index (χ0n) is 13.0. The SMILES string of the molecule is O=C(Br)C=CCNc1ccc2ncnc(Nc3cccc(Br)c3)c2c1. The molecule has 1 heterocycles. The summed E-state index contributed by atoms with van der Waals surface area (Å²) in [5, 5.41) is 7.48. The van der Waals surface area contributed by atoms with Crippen molar-refractivity contribution in [3.8, 4) is 0 Å². The van der Waals surface area contributed by atoms with Crippen LogP contribution in [0.3, 0.4) is 0 Å². The molecule has 0 amide bonds. The molecule has 1 aromatic heterocycles. The molecule has 0 spiro atoms. The van der Waals surface area contributed by atoms with Gasteiger partial charge in [0.15, 0.2) is 0 Å². The maximum atomic E-state index is 10.8. The van der Waals surface area contributed by atoms with Gasteiger partial charge in [-0.15, -0.1) is 0 Å². The first-order valence-electron chi connectivity index (χ1n) is 7.49. The van der Waals surface area contributed by atoms with Crippen LogP contribution < -0.4 is 10.6 Å². The summed E-state index contributed by atoms with van der Waals surface area (Å²) in [6.07, 6.45) is 4.76. The van der Waals surface area contributed by atoms with Crippen LogP contribution in [0.2, 0.25) is 0 Å². The molecule has 0 fully saturated rings. The summed E-state index contributed by atoms with van der Waals surface area (Å²) in [4.78, 5) is 19.5. The van der Waals surface area contributed by atoms with Crippen LogP contribution in [-0.2, 0) is 4.79 Å². The predicted molar refractivity (Wildman–Crippen MR) is 109 cm³/mol. The Labute approximate surface area is 161 Å². The number of allylic oxidation sites excluding steroid dienone is 1. The monoisotopic (exact) mass is 460 g/mol. The molecule has 0 unspecified atom stereocenters. The summed E-state index contributed by atoms with van der Waals surface area (Å²) in [7, 11) is 0. The molecule has 2 N–H and O–H groups in total. The largest absolute Gasteiger partial charge is 0.382 e. The number of carbonyl (C=O) groups excluding carboxylic acids is 1. The first kappa shape index (κ1) is 17.6. The molecule has 0 aliphatic rings. The third kappa shape index (κ3) is 4.87. The van der Waals surface area contributed by atoms with E-state index in [2.05, 4.69) is 52.5 Å². The molecule has 3 rings (SSSR count). The highest BCUT2D eigenvalue weighted by Crippen LogP contribution is 2.26. The molecule has 3 aromatic rings. The third-order valence-corrected chi connectivity index (χ3v) is 4.15. The summed E-state index contributed by atoms with van der Waals surface area (Å²) < 4.78 is 0.841. The maximum Gasteiger partial charge on any atom is 0.220 e. The van der Waals surface area contributed by atoms with Crippen LogP contribution in [0.5, 0.6) is 0 Å². The van der Waals surface area contributed by atoms with Crippen LogP contribution in [0.25, 0.3) is 10.9 Å². The van der Waals surface area contributed by atoms with Crippen molar-refractivity contribution >= 4 is 64.6 Å². The quantitative estimate of drug-likeness (QED) is 0.398. The van der Waals surface area contributed by atoms with Crippen molar-refractivity contribution in [3.63, 3.8) is 0 Å². The Balaban J connectivity index is 1.85. The smallest absolute Gasteiger partial charge is 0.220 e. The van der Waals surface area contributed by atoms with E-state index in [0.717, 1.165) is 32.6 Å². The number of anilines is 3. The van der Waals surface area contributed by atoms with Crippen molar-refractivity contribution in [2.24, 2.45) is 0 Å². The Bertz CT molecular complexity index is 943. The molecule has 0 bridgehead atoms. The van der Waals surface area contributed by atoms with Gasteiger partial charge in [0.1, 0.15) is 12.1 Å². The van der Waals surface area contributed by atoms with E-state index in [1.54, 1.807) is 12.4 Å². The molecule has 7 heteroatoms. The first-order valence-corrected chi connectivity index (χ1v) is 9.07. The van der Waals surface area contributed by atoms with E-state index >= 15 is 0 Å². The number of rotatable bonds is 6. The summed E-state index contributed by atoms with van der Waals surface area (Å²) >= 11 is 6.32. The van der Waals surface area contributed by atoms with Crippen LogP contribution in [0.15, 0.2) is 65.4 Å². The van der Waals surface area contributed by atoms with Crippen molar-refractivity contribution in [1.82, 2.24) is 9.97 Å². The van der Waals surface area contributed by atoms with Crippen molar-refractivity contribution in [2.75, 3.05) is 17.2 Å². The first-order chi connectivity index (χ1) is 12.1. The molecule has 25 heavy (non-hydrogen) atoms. The second-order valence-electron chi connectivity index (χ2n) is 5.18. The molecular weight excluding hydrogens is 448 g/mol. The molecule has 0 saturated heterocycles. The number of aromatic nitrogens is 2. The van der Waals surface area contributed by atoms with Gasteiger partial charge in [0.25, 0.3) is 0 Å². The zero-order valence-corrected chi connectivity index (χ0v) is 16.2. The van der Waals surface area contributed by atoms with E-state index in [4.69, 9.17) is 0 Å². The number of hydrogen-bond donors (Lipinski definition) is 2. The van der Waals surface area contributed by atoms with Gasteiger partial charge < -0.3 is 10.6 Å². The second kappa shape index (κ2) is 8.22. The number of nitrogens with zero attached hydrogens (tertiary/aromatic N) is 2. The fourth-order valence-corrected chi connectivity index (χ4v) is 2.88. The van der Waals surface area contributed by atoms with E-state index < -0.39 is 0 Å². The average molecular weight is 462 g/mol. The van der Waals surface area contributed by atoms with Gasteiger partial charge in [-0.3, -0.25) is 4.79 Å². The Hall–Kier alpha value is -2.25. The number of fused-ring (bicyclic) bond motifs is 1. The minimum atomic E-state index is -0.151. The van der Waals surface area contributed by atoms with Gasteiger partial charge in [-0.2, -0.15) is 0 Å². The summed E-state index contributed by atoms with van der Waals surface area (Å²) in [6, 6.07) is 13.8. The number of halogens is 2. The number of nitrogens with one attached hydrogen (secondary N) is 2. The normalized spacial score (nSPS) is 11.0. The third-order valence-electron chi connectivity index (χ3n) is 3.40. The lowest BCUT2D eigenvalue weighted by molar-refractivity contribution is -0.106. The zero-order chi connectivity index (χ0) is 17.6. The van der Waals surface area contributed by atoms with Gasteiger partial charge in [0.05, 0.1) is 5.52 Å². The highest BCUT2D eigenvalue weighted by molar-refractivity contribution is 9.18. The number of benzene rings is 2. The molecule has 0 aliphatic heterocycles. The summed E-state index contributed by atoms with van der Waals surface area (Å²) in [5.74, 6) is 0.734. The highest BCUT2D eigenvalue weighted by atomic mass is 79.9. The van der Waals surface area contributed by atoms with Gasteiger partial charge in [-0.25, -0.2) is 9.97 Å². The molecule has 0 aliphatic carbocycles. The highest BCUT2D eigenvalue weighted by Gasteiger charge is 2.05. The minimum Gasteiger partial charge on any atom is -0.382 e. The fourth-order valence-electron chi connectivity index (χ4n) is 2.30. The Morgan fingerprint density at radius 2 is 2.00 bits per heavy atom. The van der Waals surface area contributed by atoms with Gasteiger partial charge in [-0.1, -0.05) is 28.1 Å². The maximum absolute atomic E-state index is 10.8. The lowest BCUT2D eigenvalue weighted by atomic mass is 10.2. The van der Waals surface area contributed by atoms with E-state index in [9.17, 15) is 4.79 Å². The minimum absolute atomic E-state index is 0.151. The predicted octanol–water partition coefficient (Wildman–Crippen LogP) is 5.03. The van der Waals surface area contributed by atoms with Gasteiger partial charge in [0.2, 0.25) is 4.69 Å². The van der Waals surface area contributed by atoms with E-state index in [1.807, 2.05) is 42.5 Å². The summed E-state index contributed by atoms with van der Waals surface area (Å²) in [6.45, 7) is 0.547. The molecule has 0 radical (unpaired) electrons. The molecule has 2 aromatic carbocycles. The molecule has 0 atom stereocenters. The van der Waals surface area contributed by atoms with Gasteiger partial charge in [-0.05, 0) is 58.4 Å². The van der Waals surface area contributed by atoms with E-state index in [0.29, 0.717) is 6.54 Å². The van der Waals surface area contributed by atoms with Crippen molar-refractivity contribution < 1.29 is 4.79 Å². The van der Waals surface area contributed by atoms with Crippen molar-refractivity contribution in [2.45, 2.75) is 0 Å². The lowest BCUT2D eigenvalue weighted by Gasteiger charge is -2.10. The van der Waals surface area contributed by atoms with Gasteiger partial charge >= 0.3 is 0 Å². The molecule has 0 saturated carbocycles. The lowest BCUT2D eigenvalue weighted by Crippen LogP contribution is -2.00. The summed E-state index contributed by atoms with van der Waals surface area (Å²) in [5.41, 5.74) is 2.71. The van der Waals surface area contributed by atoms with Crippen molar-refractivity contribution in [1.29, 1.82) is 0 Å². The average Bonchev–Trinajstić information content (AvgIpc) is 2.59. The van der Waals surface area contributed by atoms with E-state index in [-0.39, 0.29) is 4.69 Å². The fraction of sp³-hybridized carbons (Fsp3) is 0.0556. The van der Waals surface area contributed by atoms with Crippen LogP contribution in [0, 0.1) is 0 Å². The van der Waals surface area contributed by atoms with Crippen LogP contribution in [0.4, 0.5) is 17.2 Å². The van der Waals surface area contributed by atoms with Crippen LogP contribution in [0.1, 0.15) is 0 Å². The van der Waals surface area contributed by atoms with Crippen molar-refractivity contribution in [3.05, 3.63) is 65.4 Å². The number of carbonyl (C=O) groups is 1. The molecule has 126 valence electrons. The number of hydrogen-bond acceptors (Lipinski definition) is 5. The van der Waals surface area contributed by atoms with Crippen LogP contribution in [-0.4, -0.2) is 21.2 Å². The molecular formula is C18H14Br2N4O. The second-order valence-corrected chi connectivity index (χ2v) is 6.87. The van der Waals surface area contributed by atoms with E-state index in [1.165, 1.54) is 6.08 Å². The Morgan fingerprint density at radius 3 is 2.80 bits per heavy atom. The standard InChI is InChI=1S/C18H14Br2N4O/c19-12-3-1-4-14(9-12)24-18-15-10-13(21-8-2-5-17(20)25)6-7-16(15)22-11-23-18/h1-7,9-11,21H,8H2,(H,22,23,24). The van der Waals surface area contributed by atoms with Gasteiger partial charge in [0, 0.05) is 27.8 Å². The Morgan fingerprint density at radius 1 is 1.12 bits per heavy atom. The molecule has 5 nitrogen and oxygen atoms in total. The Kier molecular flexibility index (Phi) is 5.78. The topological polar surface area (TPSA) is 66.9 Å². The van der Waals surface area contributed by atoms with Crippen LogP contribution >= 0.6 is 31.9 Å².